The standard InChI is InChI=1S/C11H14FNO3S/c12-10-5-8(3-4-13)1-2-11(10)17(14,15)9-6-16-7-9/h1-2,5,9H,3-4,6-7,13H2. The second-order valence-corrected chi connectivity index (χ2v) is 6.20. The van der Waals surface area contributed by atoms with Crippen LogP contribution in [0.15, 0.2) is 23.1 Å². The van der Waals surface area contributed by atoms with E-state index in [1.807, 2.05) is 0 Å². The number of sulfone groups is 1. The summed E-state index contributed by atoms with van der Waals surface area (Å²) < 4.78 is 42.5. The molecule has 0 bridgehead atoms. The van der Waals surface area contributed by atoms with Crippen molar-refractivity contribution in [3.63, 3.8) is 0 Å². The highest BCUT2D eigenvalue weighted by Crippen LogP contribution is 2.24. The van der Waals surface area contributed by atoms with Crippen LogP contribution in [0.25, 0.3) is 0 Å². The van der Waals surface area contributed by atoms with Crippen molar-refractivity contribution in [2.75, 3.05) is 19.8 Å². The Hall–Kier alpha value is -0.980. The second kappa shape index (κ2) is 4.72. The molecule has 0 saturated carbocycles. The first-order valence-electron chi connectivity index (χ1n) is 5.36. The maximum Gasteiger partial charge on any atom is 0.188 e. The monoisotopic (exact) mass is 259 g/mol. The van der Waals surface area contributed by atoms with Crippen LogP contribution in [0.1, 0.15) is 5.56 Å². The first-order chi connectivity index (χ1) is 8.05. The molecule has 0 aliphatic carbocycles. The molecule has 2 rings (SSSR count). The van der Waals surface area contributed by atoms with E-state index >= 15 is 0 Å². The van der Waals surface area contributed by atoms with Gasteiger partial charge in [-0.1, -0.05) is 6.07 Å². The van der Waals surface area contributed by atoms with Gasteiger partial charge in [-0.3, -0.25) is 0 Å². The fourth-order valence-electron chi connectivity index (χ4n) is 1.67. The fraction of sp³-hybridized carbons (Fsp3) is 0.455. The number of hydrogen-bond donors (Lipinski definition) is 1. The van der Waals surface area contributed by atoms with Crippen molar-refractivity contribution >= 4 is 9.84 Å². The van der Waals surface area contributed by atoms with E-state index < -0.39 is 20.9 Å². The summed E-state index contributed by atoms with van der Waals surface area (Å²) in [5.41, 5.74) is 6.06. The minimum atomic E-state index is -3.60. The van der Waals surface area contributed by atoms with Crippen LogP contribution in [0.4, 0.5) is 4.39 Å². The van der Waals surface area contributed by atoms with E-state index in [0.29, 0.717) is 18.5 Å². The average Bonchev–Trinajstić information content (AvgIpc) is 2.13. The van der Waals surface area contributed by atoms with E-state index in [1.165, 1.54) is 12.1 Å². The summed E-state index contributed by atoms with van der Waals surface area (Å²) in [5.74, 6) is -0.706. The van der Waals surface area contributed by atoms with Gasteiger partial charge in [0.1, 0.15) is 16.0 Å². The zero-order valence-electron chi connectivity index (χ0n) is 9.23. The van der Waals surface area contributed by atoms with E-state index in [4.69, 9.17) is 10.5 Å². The molecule has 0 spiro atoms. The fourth-order valence-corrected chi connectivity index (χ4v) is 3.17. The second-order valence-electron chi connectivity index (χ2n) is 4.01. The summed E-state index contributed by atoms with van der Waals surface area (Å²) in [6.45, 7) is 0.695. The molecule has 4 nitrogen and oxygen atoms in total. The highest BCUT2D eigenvalue weighted by atomic mass is 32.2. The van der Waals surface area contributed by atoms with Crippen LogP contribution in [0.5, 0.6) is 0 Å². The highest BCUT2D eigenvalue weighted by Gasteiger charge is 2.35. The van der Waals surface area contributed by atoms with Crippen molar-refractivity contribution < 1.29 is 17.5 Å². The summed E-state index contributed by atoms with van der Waals surface area (Å²) in [7, 11) is -3.60. The molecule has 1 aromatic carbocycles. The minimum Gasteiger partial charge on any atom is -0.379 e. The van der Waals surface area contributed by atoms with Gasteiger partial charge < -0.3 is 10.5 Å². The molecule has 2 N–H and O–H groups in total. The molecule has 94 valence electrons. The molecule has 1 saturated heterocycles. The van der Waals surface area contributed by atoms with Crippen LogP contribution >= 0.6 is 0 Å². The SMILES string of the molecule is NCCc1ccc(S(=O)(=O)C2COC2)c(F)c1. The van der Waals surface area contributed by atoms with E-state index in [2.05, 4.69) is 0 Å². The van der Waals surface area contributed by atoms with Crippen molar-refractivity contribution in [3.8, 4) is 0 Å². The van der Waals surface area contributed by atoms with Crippen molar-refractivity contribution in [2.45, 2.75) is 16.6 Å². The molecule has 6 heteroatoms. The lowest BCUT2D eigenvalue weighted by Gasteiger charge is -2.25. The molecule has 1 aromatic rings. The largest absolute Gasteiger partial charge is 0.379 e. The molecule has 0 radical (unpaired) electrons. The van der Waals surface area contributed by atoms with Gasteiger partial charge in [-0.05, 0) is 30.7 Å². The number of benzene rings is 1. The topological polar surface area (TPSA) is 69.4 Å². The van der Waals surface area contributed by atoms with Gasteiger partial charge in [-0.25, -0.2) is 12.8 Å². The normalized spacial score (nSPS) is 16.8. The first-order valence-corrected chi connectivity index (χ1v) is 6.90. The Morgan fingerprint density at radius 1 is 1.41 bits per heavy atom. The number of ether oxygens (including phenoxy) is 1. The molecular weight excluding hydrogens is 245 g/mol. The summed E-state index contributed by atoms with van der Waals surface area (Å²) in [6, 6.07) is 4.15. The Labute approximate surface area is 99.5 Å². The number of rotatable bonds is 4. The van der Waals surface area contributed by atoms with Gasteiger partial charge in [0.25, 0.3) is 0 Å². The lowest BCUT2D eigenvalue weighted by Crippen LogP contribution is -2.40. The molecule has 1 heterocycles. The lowest BCUT2D eigenvalue weighted by atomic mass is 10.1. The first kappa shape index (κ1) is 12.5. The maximum absolute atomic E-state index is 13.7. The van der Waals surface area contributed by atoms with E-state index in [9.17, 15) is 12.8 Å². The van der Waals surface area contributed by atoms with Crippen molar-refractivity contribution in [1.29, 1.82) is 0 Å². The van der Waals surface area contributed by atoms with Crippen LogP contribution in [0, 0.1) is 5.82 Å². The number of halogens is 1. The maximum atomic E-state index is 13.7. The van der Waals surface area contributed by atoms with Gasteiger partial charge in [-0.2, -0.15) is 0 Å². The third-order valence-corrected chi connectivity index (χ3v) is 4.88. The molecule has 1 aliphatic rings. The number of hydrogen-bond acceptors (Lipinski definition) is 4. The molecule has 1 fully saturated rings. The quantitative estimate of drug-likeness (QED) is 0.855. The summed E-state index contributed by atoms with van der Waals surface area (Å²) in [6.07, 6.45) is 0.532. The van der Waals surface area contributed by atoms with Gasteiger partial charge in [-0.15, -0.1) is 0 Å². The van der Waals surface area contributed by atoms with E-state index in [0.717, 1.165) is 0 Å². The van der Waals surface area contributed by atoms with Crippen LogP contribution in [0.3, 0.4) is 0 Å². The smallest absolute Gasteiger partial charge is 0.188 e. The lowest BCUT2D eigenvalue weighted by molar-refractivity contribution is 0.0415. The number of nitrogens with two attached hydrogens (primary N) is 1. The molecule has 17 heavy (non-hydrogen) atoms. The van der Waals surface area contributed by atoms with Gasteiger partial charge in [0.2, 0.25) is 0 Å². The van der Waals surface area contributed by atoms with Gasteiger partial charge in [0.15, 0.2) is 9.84 Å². The summed E-state index contributed by atoms with van der Waals surface area (Å²) >= 11 is 0. The summed E-state index contributed by atoms with van der Waals surface area (Å²) in [4.78, 5) is -0.244. The Kier molecular flexibility index (Phi) is 3.46. The third kappa shape index (κ3) is 2.34. The molecule has 0 unspecified atom stereocenters. The van der Waals surface area contributed by atoms with Crippen LogP contribution in [-0.2, 0) is 21.0 Å². The van der Waals surface area contributed by atoms with Crippen LogP contribution in [0.2, 0.25) is 0 Å². The zero-order chi connectivity index (χ0) is 12.5. The molecule has 1 aliphatic heterocycles. The van der Waals surface area contributed by atoms with Crippen molar-refractivity contribution in [2.24, 2.45) is 5.73 Å². The van der Waals surface area contributed by atoms with Crippen LogP contribution < -0.4 is 5.73 Å². The molecular formula is C11H14FNO3S. The predicted molar refractivity (Wildman–Crippen MR) is 61.0 cm³/mol. The zero-order valence-corrected chi connectivity index (χ0v) is 10.0. The Morgan fingerprint density at radius 2 is 2.12 bits per heavy atom. The van der Waals surface area contributed by atoms with Gasteiger partial charge in [0, 0.05) is 0 Å². The van der Waals surface area contributed by atoms with E-state index in [1.54, 1.807) is 6.07 Å². The van der Waals surface area contributed by atoms with Crippen molar-refractivity contribution in [1.82, 2.24) is 0 Å². The Morgan fingerprint density at radius 3 is 2.59 bits per heavy atom. The van der Waals surface area contributed by atoms with Gasteiger partial charge in [0.05, 0.1) is 13.2 Å². The van der Waals surface area contributed by atoms with E-state index in [-0.39, 0.29) is 18.1 Å². The summed E-state index contributed by atoms with van der Waals surface area (Å²) in [5, 5.41) is -0.614. The third-order valence-electron chi connectivity index (χ3n) is 2.78. The van der Waals surface area contributed by atoms with Crippen LogP contribution in [-0.4, -0.2) is 33.4 Å². The molecule has 0 amide bonds. The minimum absolute atomic E-state index is 0.145. The average molecular weight is 259 g/mol. The predicted octanol–water partition coefficient (Wildman–Crippen LogP) is 0.499. The Balaban J connectivity index is 2.33. The molecule has 0 aromatic heterocycles. The Bertz CT molecular complexity index is 511. The molecule has 0 atom stereocenters. The van der Waals surface area contributed by atoms with Crippen molar-refractivity contribution in [3.05, 3.63) is 29.6 Å². The highest BCUT2D eigenvalue weighted by molar-refractivity contribution is 7.92. The van der Waals surface area contributed by atoms with Gasteiger partial charge >= 0.3 is 0 Å².